The minimum absolute atomic E-state index is 0.0958. The number of aryl methyl sites for hydroxylation is 1. The molecule has 0 aliphatic heterocycles. The fourth-order valence-electron chi connectivity index (χ4n) is 4.72. The third-order valence-corrected chi connectivity index (χ3v) is 7.89. The van der Waals surface area contributed by atoms with E-state index >= 15 is 0 Å². The van der Waals surface area contributed by atoms with Crippen LogP contribution in [0.25, 0.3) is 0 Å². The predicted octanol–water partition coefficient (Wildman–Crippen LogP) is 5.59. The van der Waals surface area contributed by atoms with Crippen LogP contribution < -0.4 is 4.83 Å². The SMILES string of the molecule is Cc1c(C(=O)N(Cc2ccccc2)Cc2ccccc2)oc2c1/C(=N/NS(=O)(=O)c1ccc(F)cc1)CCC2. The normalized spacial score (nSPS) is 14.2. The largest absolute Gasteiger partial charge is 0.455 e. The van der Waals surface area contributed by atoms with Crippen LogP contribution in [0.15, 0.2) is 99.3 Å². The van der Waals surface area contributed by atoms with Crippen molar-refractivity contribution >= 4 is 21.6 Å². The fraction of sp³-hybridized carbons (Fsp3) is 0.200. The molecule has 3 aromatic carbocycles. The number of carbonyl (C=O) groups is 1. The fourth-order valence-corrected chi connectivity index (χ4v) is 5.55. The lowest BCUT2D eigenvalue weighted by molar-refractivity contribution is 0.0694. The van der Waals surface area contributed by atoms with Crippen molar-refractivity contribution in [2.75, 3.05) is 0 Å². The first kappa shape index (κ1) is 26.4. The summed E-state index contributed by atoms with van der Waals surface area (Å²) in [6.07, 6.45) is 1.83. The summed E-state index contributed by atoms with van der Waals surface area (Å²) >= 11 is 0. The zero-order chi connectivity index (χ0) is 27.4. The van der Waals surface area contributed by atoms with E-state index in [-0.39, 0.29) is 16.6 Å². The van der Waals surface area contributed by atoms with Crippen molar-refractivity contribution in [3.63, 3.8) is 0 Å². The highest BCUT2D eigenvalue weighted by Crippen LogP contribution is 2.31. The molecule has 4 aromatic rings. The predicted molar refractivity (Wildman–Crippen MR) is 146 cm³/mol. The van der Waals surface area contributed by atoms with Crippen molar-refractivity contribution in [2.24, 2.45) is 5.10 Å². The van der Waals surface area contributed by atoms with Gasteiger partial charge in [-0.25, -0.2) is 4.39 Å². The van der Waals surface area contributed by atoms with Gasteiger partial charge in [-0.15, -0.1) is 0 Å². The molecular weight excluding hydrogens is 517 g/mol. The minimum atomic E-state index is -3.99. The van der Waals surface area contributed by atoms with Crippen LogP contribution in [0.5, 0.6) is 0 Å². The summed E-state index contributed by atoms with van der Waals surface area (Å²) < 4.78 is 44.8. The second-order valence-electron chi connectivity index (χ2n) is 9.45. The minimum Gasteiger partial charge on any atom is -0.455 e. The van der Waals surface area contributed by atoms with Gasteiger partial charge in [0.25, 0.3) is 15.9 Å². The molecule has 1 aliphatic carbocycles. The maximum atomic E-state index is 13.9. The lowest BCUT2D eigenvalue weighted by Crippen LogP contribution is -2.30. The maximum Gasteiger partial charge on any atom is 0.290 e. The number of furan rings is 1. The van der Waals surface area contributed by atoms with E-state index in [1.807, 2.05) is 60.7 Å². The molecule has 0 unspecified atom stereocenters. The number of nitrogens with zero attached hydrogens (tertiary/aromatic N) is 2. The highest BCUT2D eigenvalue weighted by molar-refractivity contribution is 7.89. The van der Waals surface area contributed by atoms with Gasteiger partial charge < -0.3 is 9.32 Å². The zero-order valence-corrected chi connectivity index (χ0v) is 22.2. The molecule has 0 fully saturated rings. The zero-order valence-electron chi connectivity index (χ0n) is 21.4. The highest BCUT2D eigenvalue weighted by Gasteiger charge is 2.30. The molecular formula is C30H28FN3O4S. The lowest BCUT2D eigenvalue weighted by atomic mass is 9.93. The molecule has 200 valence electrons. The second-order valence-corrected chi connectivity index (χ2v) is 11.1. The van der Waals surface area contributed by atoms with Crippen LogP contribution in [0.1, 0.15) is 51.4 Å². The molecule has 1 aromatic heterocycles. The molecule has 0 radical (unpaired) electrons. The van der Waals surface area contributed by atoms with E-state index in [0.29, 0.717) is 55.0 Å². The molecule has 1 heterocycles. The molecule has 9 heteroatoms. The summed E-state index contributed by atoms with van der Waals surface area (Å²) in [7, 11) is -3.99. The molecule has 1 amide bonds. The van der Waals surface area contributed by atoms with Crippen LogP contribution in [0, 0.1) is 12.7 Å². The van der Waals surface area contributed by atoms with Gasteiger partial charge in [0.1, 0.15) is 11.6 Å². The van der Waals surface area contributed by atoms with Crippen molar-refractivity contribution < 1.29 is 22.0 Å². The number of halogens is 1. The number of hydrazone groups is 1. The third-order valence-electron chi connectivity index (χ3n) is 6.66. The van der Waals surface area contributed by atoms with Gasteiger partial charge in [-0.1, -0.05) is 60.7 Å². The maximum absolute atomic E-state index is 13.9. The number of sulfonamides is 1. The molecule has 39 heavy (non-hydrogen) atoms. The van der Waals surface area contributed by atoms with Gasteiger partial charge in [-0.3, -0.25) is 4.79 Å². The van der Waals surface area contributed by atoms with Crippen molar-refractivity contribution in [3.05, 3.63) is 125 Å². The Balaban J connectivity index is 1.44. The summed E-state index contributed by atoms with van der Waals surface area (Å²) in [5.74, 6) is 0.0573. The molecule has 0 spiro atoms. The number of hydrogen-bond donors (Lipinski definition) is 1. The Labute approximate surface area is 227 Å². The Bertz CT molecular complexity index is 1560. The van der Waals surface area contributed by atoms with E-state index in [4.69, 9.17) is 4.42 Å². The molecule has 1 N–H and O–H groups in total. The van der Waals surface area contributed by atoms with Crippen molar-refractivity contribution in [3.8, 4) is 0 Å². The first-order valence-corrected chi connectivity index (χ1v) is 14.1. The Morgan fingerprint density at radius 2 is 1.51 bits per heavy atom. The van der Waals surface area contributed by atoms with Crippen LogP contribution in [0.2, 0.25) is 0 Å². The number of carbonyl (C=O) groups excluding carboxylic acids is 1. The van der Waals surface area contributed by atoms with Crippen molar-refractivity contribution in [2.45, 2.75) is 44.2 Å². The lowest BCUT2D eigenvalue weighted by Gasteiger charge is -2.22. The summed E-state index contributed by atoms with van der Waals surface area (Å²) in [6, 6.07) is 24.0. The molecule has 0 bridgehead atoms. The Kier molecular flexibility index (Phi) is 7.60. The monoisotopic (exact) mass is 545 g/mol. The standard InChI is InChI=1S/C30H28FN3O4S/c1-21-28-26(32-33-39(36,37)25-17-15-24(31)16-18-25)13-8-14-27(28)38-29(21)30(35)34(19-22-9-4-2-5-10-22)20-23-11-6-3-7-12-23/h2-7,9-12,15-18,33H,8,13-14,19-20H2,1H3/b32-26+. The van der Waals surface area contributed by atoms with Gasteiger partial charge in [0.15, 0.2) is 5.76 Å². The first-order chi connectivity index (χ1) is 18.8. The second kappa shape index (κ2) is 11.2. The van der Waals surface area contributed by atoms with Gasteiger partial charge in [-0.05, 0) is 55.2 Å². The molecule has 7 nitrogen and oxygen atoms in total. The van der Waals surface area contributed by atoms with Crippen molar-refractivity contribution in [1.29, 1.82) is 0 Å². The molecule has 0 atom stereocenters. The molecule has 0 saturated heterocycles. The van der Waals surface area contributed by atoms with Crippen LogP contribution in [-0.4, -0.2) is 24.9 Å². The Morgan fingerprint density at radius 3 is 2.10 bits per heavy atom. The van der Waals surface area contributed by atoms with Gasteiger partial charge in [0.05, 0.1) is 10.6 Å². The molecule has 5 rings (SSSR count). The number of benzene rings is 3. The summed E-state index contributed by atoms with van der Waals surface area (Å²) in [5, 5.41) is 4.21. The van der Waals surface area contributed by atoms with Crippen LogP contribution >= 0.6 is 0 Å². The van der Waals surface area contributed by atoms with E-state index in [1.165, 1.54) is 12.1 Å². The first-order valence-electron chi connectivity index (χ1n) is 12.7. The third kappa shape index (κ3) is 5.93. The highest BCUT2D eigenvalue weighted by atomic mass is 32.2. The summed E-state index contributed by atoms with van der Waals surface area (Å²) in [5.41, 5.74) is 3.77. The number of nitrogens with one attached hydrogen (secondary N) is 1. The van der Waals surface area contributed by atoms with Gasteiger partial charge in [-0.2, -0.15) is 18.4 Å². The molecule has 0 saturated carbocycles. The summed E-state index contributed by atoms with van der Waals surface area (Å²) in [4.78, 5) is 17.8. The number of rotatable bonds is 8. The van der Waals surface area contributed by atoms with Crippen LogP contribution in [0.4, 0.5) is 4.39 Å². The van der Waals surface area contributed by atoms with Crippen LogP contribution in [-0.2, 0) is 29.5 Å². The van der Waals surface area contributed by atoms with Gasteiger partial charge >= 0.3 is 0 Å². The molecule has 1 aliphatic rings. The number of amides is 1. The average molecular weight is 546 g/mol. The van der Waals surface area contributed by atoms with Crippen molar-refractivity contribution in [1.82, 2.24) is 9.73 Å². The Hall–Kier alpha value is -4.24. The van der Waals surface area contributed by atoms with Gasteiger partial charge in [0, 0.05) is 30.6 Å². The van der Waals surface area contributed by atoms with E-state index in [0.717, 1.165) is 23.3 Å². The summed E-state index contributed by atoms with van der Waals surface area (Å²) in [6.45, 7) is 2.60. The number of hydrogen-bond acceptors (Lipinski definition) is 5. The van der Waals surface area contributed by atoms with E-state index in [1.54, 1.807) is 11.8 Å². The number of fused-ring (bicyclic) bond motifs is 1. The van der Waals surface area contributed by atoms with Gasteiger partial charge in [0.2, 0.25) is 0 Å². The van der Waals surface area contributed by atoms with E-state index in [2.05, 4.69) is 9.93 Å². The topological polar surface area (TPSA) is 92.0 Å². The smallest absolute Gasteiger partial charge is 0.290 e. The van der Waals surface area contributed by atoms with E-state index < -0.39 is 15.8 Å². The van der Waals surface area contributed by atoms with E-state index in [9.17, 15) is 17.6 Å². The Morgan fingerprint density at radius 1 is 0.923 bits per heavy atom. The average Bonchev–Trinajstić information content (AvgIpc) is 3.29. The quantitative estimate of drug-likeness (QED) is 0.292. The van der Waals surface area contributed by atoms with Crippen LogP contribution in [0.3, 0.4) is 0 Å².